The van der Waals surface area contributed by atoms with E-state index < -0.39 is 15.8 Å². The lowest BCUT2D eigenvalue weighted by atomic mass is 10.1. The zero-order chi connectivity index (χ0) is 14.9. The highest BCUT2D eigenvalue weighted by atomic mass is 32.2. The minimum atomic E-state index is -3.12. The molecule has 0 aliphatic carbocycles. The Morgan fingerprint density at radius 2 is 1.95 bits per heavy atom. The number of sulfone groups is 1. The summed E-state index contributed by atoms with van der Waals surface area (Å²) in [7, 11) is -3.12. The van der Waals surface area contributed by atoms with Gasteiger partial charge in [0.2, 0.25) is 0 Å². The Hall–Kier alpha value is -1.82. The minimum Gasteiger partial charge on any atom is -0.478 e. The lowest BCUT2D eigenvalue weighted by Crippen LogP contribution is -2.10. The van der Waals surface area contributed by atoms with Gasteiger partial charge in [-0.3, -0.25) is 0 Å². The van der Waals surface area contributed by atoms with Crippen LogP contribution in [0.1, 0.15) is 29.9 Å². The Labute approximate surface area is 117 Å². The lowest BCUT2D eigenvalue weighted by Gasteiger charge is -2.08. The number of aromatic nitrogens is 1. The first-order valence-electron chi connectivity index (χ1n) is 6.44. The predicted molar refractivity (Wildman–Crippen MR) is 77.7 cm³/mol. The van der Waals surface area contributed by atoms with Crippen LogP contribution in [0.5, 0.6) is 0 Å². The maximum absolute atomic E-state index is 11.8. The van der Waals surface area contributed by atoms with Crippen LogP contribution in [0.3, 0.4) is 0 Å². The third kappa shape index (κ3) is 2.70. The number of nitrogens with zero attached hydrogens (tertiary/aromatic N) is 1. The first-order chi connectivity index (χ1) is 9.38. The number of fused-ring (bicyclic) bond motifs is 1. The zero-order valence-electron chi connectivity index (χ0n) is 11.5. The second kappa shape index (κ2) is 5.28. The molecule has 108 valence electrons. The van der Waals surface area contributed by atoms with Crippen LogP contribution in [0.25, 0.3) is 10.9 Å². The van der Waals surface area contributed by atoms with Gasteiger partial charge in [-0.25, -0.2) is 13.2 Å². The summed E-state index contributed by atoms with van der Waals surface area (Å²) < 4.78 is 25.4. The quantitative estimate of drug-likeness (QED) is 0.918. The number of carboxylic acids is 1. The molecule has 0 bridgehead atoms. The van der Waals surface area contributed by atoms with Crippen LogP contribution in [0.15, 0.2) is 24.3 Å². The summed E-state index contributed by atoms with van der Waals surface area (Å²) in [6, 6.07) is 6.65. The topological polar surface area (TPSA) is 76.4 Å². The summed E-state index contributed by atoms with van der Waals surface area (Å²) in [5.74, 6) is -0.911. The summed E-state index contributed by atoms with van der Waals surface area (Å²) in [6.45, 7) is 4.13. The lowest BCUT2D eigenvalue weighted by molar-refractivity contribution is 0.0697. The summed E-state index contributed by atoms with van der Waals surface area (Å²) in [6.07, 6.45) is 0. The molecule has 1 aromatic heterocycles. The maximum atomic E-state index is 11.8. The van der Waals surface area contributed by atoms with Gasteiger partial charge in [-0.2, -0.15) is 0 Å². The van der Waals surface area contributed by atoms with Crippen molar-refractivity contribution in [2.45, 2.75) is 26.1 Å². The molecule has 1 heterocycles. The van der Waals surface area contributed by atoms with E-state index >= 15 is 0 Å². The third-order valence-electron chi connectivity index (χ3n) is 3.36. The molecule has 5 nitrogen and oxygen atoms in total. The number of rotatable bonds is 5. The molecule has 0 spiro atoms. The molecule has 0 aliphatic heterocycles. The van der Waals surface area contributed by atoms with E-state index in [1.54, 1.807) is 19.1 Å². The smallest absolute Gasteiger partial charge is 0.335 e. The zero-order valence-corrected chi connectivity index (χ0v) is 12.3. The molecule has 0 unspecified atom stereocenters. The molecule has 0 saturated heterocycles. The highest BCUT2D eigenvalue weighted by Crippen LogP contribution is 2.23. The number of benzene rings is 1. The average Bonchev–Trinajstić information content (AvgIpc) is 2.73. The summed E-state index contributed by atoms with van der Waals surface area (Å²) in [4.78, 5) is 11.0. The van der Waals surface area contributed by atoms with Gasteiger partial charge in [0.25, 0.3) is 0 Å². The van der Waals surface area contributed by atoms with E-state index in [1.165, 1.54) is 6.07 Å². The summed E-state index contributed by atoms with van der Waals surface area (Å²) >= 11 is 0. The second-order valence-electron chi connectivity index (χ2n) is 4.64. The van der Waals surface area contributed by atoms with E-state index in [-0.39, 0.29) is 17.1 Å². The predicted octanol–water partition coefficient (Wildman–Crippen LogP) is 2.29. The van der Waals surface area contributed by atoms with Crippen LogP contribution in [0, 0.1) is 0 Å². The molecule has 2 aromatic rings. The Morgan fingerprint density at radius 3 is 2.50 bits per heavy atom. The number of aryl methyl sites for hydroxylation is 1. The maximum Gasteiger partial charge on any atom is 0.335 e. The number of aromatic carboxylic acids is 1. The van der Waals surface area contributed by atoms with Crippen LogP contribution < -0.4 is 0 Å². The van der Waals surface area contributed by atoms with Crippen molar-refractivity contribution in [2.75, 3.05) is 5.75 Å². The van der Waals surface area contributed by atoms with E-state index in [0.29, 0.717) is 12.2 Å². The van der Waals surface area contributed by atoms with E-state index in [9.17, 15) is 13.2 Å². The molecule has 0 radical (unpaired) electrons. The molecule has 6 heteroatoms. The first kappa shape index (κ1) is 14.6. The number of carbonyl (C=O) groups is 1. The number of hydrogen-bond donors (Lipinski definition) is 1. The van der Waals surface area contributed by atoms with Gasteiger partial charge in [0.15, 0.2) is 9.84 Å². The Morgan fingerprint density at radius 1 is 1.25 bits per heavy atom. The normalized spacial score (nSPS) is 11.9. The highest BCUT2D eigenvalue weighted by Gasteiger charge is 2.16. The molecular formula is C14H17NO4S. The summed E-state index contributed by atoms with van der Waals surface area (Å²) in [5.41, 5.74) is 1.66. The SMILES string of the molecule is CCn1c(CS(=O)(=O)CC)cc2ccc(C(=O)O)cc21. The monoisotopic (exact) mass is 295 g/mol. The van der Waals surface area contributed by atoms with Crippen molar-refractivity contribution in [3.63, 3.8) is 0 Å². The van der Waals surface area contributed by atoms with Gasteiger partial charge in [-0.05, 0) is 30.5 Å². The first-order valence-corrected chi connectivity index (χ1v) is 8.26. The van der Waals surface area contributed by atoms with E-state index in [1.807, 2.05) is 17.6 Å². The highest BCUT2D eigenvalue weighted by molar-refractivity contribution is 7.90. The van der Waals surface area contributed by atoms with Crippen molar-refractivity contribution in [1.29, 1.82) is 0 Å². The van der Waals surface area contributed by atoms with Crippen molar-refractivity contribution in [3.05, 3.63) is 35.5 Å². The molecule has 1 N–H and O–H groups in total. The minimum absolute atomic E-state index is 0.0194. The molecule has 0 amide bonds. The fourth-order valence-corrected chi connectivity index (χ4v) is 3.16. The Kier molecular flexibility index (Phi) is 3.85. The van der Waals surface area contributed by atoms with E-state index in [2.05, 4.69) is 0 Å². The van der Waals surface area contributed by atoms with Crippen molar-refractivity contribution in [1.82, 2.24) is 4.57 Å². The van der Waals surface area contributed by atoms with E-state index in [0.717, 1.165) is 10.9 Å². The van der Waals surface area contributed by atoms with Crippen molar-refractivity contribution in [2.24, 2.45) is 0 Å². The molecule has 1 aromatic carbocycles. The molecule has 0 aliphatic rings. The number of carboxylic acid groups (broad SMARTS) is 1. The Bertz CT molecular complexity index is 759. The van der Waals surface area contributed by atoms with Gasteiger partial charge in [0.1, 0.15) is 0 Å². The van der Waals surface area contributed by atoms with Crippen molar-refractivity contribution >= 4 is 26.7 Å². The van der Waals surface area contributed by atoms with Crippen molar-refractivity contribution in [3.8, 4) is 0 Å². The van der Waals surface area contributed by atoms with Gasteiger partial charge in [0, 0.05) is 23.5 Å². The second-order valence-corrected chi connectivity index (χ2v) is 6.99. The standard InChI is InChI=1S/C14H17NO4S/c1-3-15-12(9-20(18,19)4-2)7-10-5-6-11(14(16)17)8-13(10)15/h5-8H,3-4,9H2,1-2H3,(H,16,17). The average molecular weight is 295 g/mol. The van der Waals surface area contributed by atoms with Gasteiger partial charge < -0.3 is 9.67 Å². The summed E-state index contributed by atoms with van der Waals surface area (Å²) in [5, 5.41) is 9.89. The molecule has 20 heavy (non-hydrogen) atoms. The molecule has 0 saturated carbocycles. The van der Waals surface area contributed by atoms with Crippen LogP contribution >= 0.6 is 0 Å². The molecule has 0 atom stereocenters. The van der Waals surface area contributed by atoms with E-state index in [4.69, 9.17) is 5.11 Å². The van der Waals surface area contributed by atoms with Gasteiger partial charge in [-0.1, -0.05) is 13.0 Å². The van der Waals surface area contributed by atoms with Crippen LogP contribution in [-0.4, -0.2) is 29.8 Å². The third-order valence-corrected chi connectivity index (χ3v) is 4.98. The largest absolute Gasteiger partial charge is 0.478 e. The van der Waals surface area contributed by atoms with Gasteiger partial charge >= 0.3 is 5.97 Å². The van der Waals surface area contributed by atoms with Crippen LogP contribution in [0.4, 0.5) is 0 Å². The fraction of sp³-hybridized carbons (Fsp3) is 0.357. The van der Waals surface area contributed by atoms with Crippen molar-refractivity contribution < 1.29 is 18.3 Å². The fourth-order valence-electron chi connectivity index (χ4n) is 2.27. The van der Waals surface area contributed by atoms with Gasteiger partial charge in [-0.15, -0.1) is 0 Å². The molecule has 0 fully saturated rings. The van der Waals surface area contributed by atoms with Gasteiger partial charge in [0.05, 0.1) is 11.3 Å². The van der Waals surface area contributed by atoms with Crippen LogP contribution in [0.2, 0.25) is 0 Å². The Balaban J connectivity index is 2.60. The van der Waals surface area contributed by atoms with Crippen LogP contribution in [-0.2, 0) is 22.1 Å². The number of hydrogen-bond acceptors (Lipinski definition) is 3. The molecular weight excluding hydrogens is 278 g/mol. The molecule has 2 rings (SSSR count).